The molecule has 0 saturated heterocycles. The lowest BCUT2D eigenvalue weighted by atomic mass is 9.74. The Morgan fingerprint density at radius 2 is 2.25 bits per heavy atom. The number of aryl methyl sites for hydroxylation is 1. The van der Waals surface area contributed by atoms with Crippen LogP contribution in [0.5, 0.6) is 0 Å². The van der Waals surface area contributed by atoms with E-state index < -0.39 is 0 Å². The number of rotatable bonds is 6. The van der Waals surface area contributed by atoms with Gasteiger partial charge in [0.05, 0.1) is 11.6 Å². The number of ether oxygens (including phenoxy) is 1. The first-order chi connectivity index (χ1) is 9.61. The Labute approximate surface area is 121 Å². The fourth-order valence-electron chi connectivity index (χ4n) is 3.30. The molecule has 5 heteroatoms. The van der Waals surface area contributed by atoms with Gasteiger partial charge in [0.2, 0.25) is 0 Å². The molecule has 1 fully saturated rings. The minimum Gasteiger partial charge on any atom is -0.374 e. The summed E-state index contributed by atoms with van der Waals surface area (Å²) >= 11 is 0. The zero-order chi connectivity index (χ0) is 14.6. The molecule has 114 valence electrons. The monoisotopic (exact) mass is 280 g/mol. The predicted molar refractivity (Wildman–Crippen MR) is 80.0 cm³/mol. The van der Waals surface area contributed by atoms with Gasteiger partial charge in [-0.2, -0.15) is 0 Å². The van der Waals surface area contributed by atoms with Crippen molar-refractivity contribution in [1.82, 2.24) is 15.0 Å². The second-order valence-electron chi connectivity index (χ2n) is 6.06. The highest BCUT2D eigenvalue weighted by molar-refractivity contribution is 5.03. The van der Waals surface area contributed by atoms with E-state index in [-0.39, 0.29) is 11.6 Å². The molecule has 1 saturated carbocycles. The molecular formula is C15H28N4O. The third-order valence-corrected chi connectivity index (χ3v) is 4.70. The van der Waals surface area contributed by atoms with Crippen molar-refractivity contribution in [2.75, 3.05) is 6.61 Å². The molecule has 2 rings (SSSR count). The number of nitrogens with zero attached hydrogens (tertiary/aromatic N) is 2. The molecule has 0 bridgehead atoms. The molecule has 0 aromatic carbocycles. The number of hydrogen-bond donors (Lipinski definition) is 2. The number of nitrogens with two attached hydrogens (primary N) is 1. The highest BCUT2D eigenvalue weighted by Crippen LogP contribution is 2.38. The minimum absolute atomic E-state index is 0.107. The highest BCUT2D eigenvalue weighted by atomic mass is 16.5. The van der Waals surface area contributed by atoms with Crippen molar-refractivity contribution in [3.05, 3.63) is 18.2 Å². The van der Waals surface area contributed by atoms with Gasteiger partial charge in [0.15, 0.2) is 0 Å². The standard InChI is InChI=1S/C15H28N4O/c1-4-20-15(7-5-12(2)6-8-15)13(18-16)11-14-17-9-10-19(14)3/h9-10,12-13,18H,4-8,11,16H2,1-3H3. The van der Waals surface area contributed by atoms with Crippen LogP contribution in [0.15, 0.2) is 12.4 Å². The fourth-order valence-corrected chi connectivity index (χ4v) is 3.30. The van der Waals surface area contributed by atoms with E-state index in [0.29, 0.717) is 0 Å². The summed E-state index contributed by atoms with van der Waals surface area (Å²) < 4.78 is 8.23. The quantitative estimate of drug-likeness (QED) is 0.616. The molecule has 1 aromatic heterocycles. The topological polar surface area (TPSA) is 65.1 Å². The summed E-state index contributed by atoms with van der Waals surface area (Å²) in [6.45, 7) is 5.11. The minimum atomic E-state index is -0.151. The predicted octanol–water partition coefficient (Wildman–Crippen LogP) is 1.78. The number of imidazole rings is 1. The second-order valence-corrected chi connectivity index (χ2v) is 6.06. The summed E-state index contributed by atoms with van der Waals surface area (Å²) in [5.74, 6) is 7.69. The average Bonchev–Trinajstić information content (AvgIpc) is 2.84. The van der Waals surface area contributed by atoms with Crippen LogP contribution < -0.4 is 11.3 Å². The van der Waals surface area contributed by atoms with Gasteiger partial charge < -0.3 is 9.30 Å². The van der Waals surface area contributed by atoms with Gasteiger partial charge in [-0.15, -0.1) is 0 Å². The van der Waals surface area contributed by atoms with Crippen molar-refractivity contribution in [3.63, 3.8) is 0 Å². The van der Waals surface area contributed by atoms with E-state index in [1.165, 1.54) is 12.8 Å². The van der Waals surface area contributed by atoms with E-state index in [1.807, 2.05) is 19.4 Å². The maximum Gasteiger partial charge on any atom is 0.110 e. The van der Waals surface area contributed by atoms with E-state index in [1.54, 1.807) is 0 Å². The summed E-state index contributed by atoms with van der Waals surface area (Å²) in [6, 6.07) is 0.107. The largest absolute Gasteiger partial charge is 0.374 e. The molecule has 0 radical (unpaired) electrons. The molecule has 0 amide bonds. The van der Waals surface area contributed by atoms with Gasteiger partial charge >= 0.3 is 0 Å². The first-order valence-corrected chi connectivity index (χ1v) is 7.67. The molecule has 5 nitrogen and oxygen atoms in total. The first kappa shape index (κ1) is 15.5. The molecule has 1 atom stereocenters. The van der Waals surface area contributed by atoms with Gasteiger partial charge in [-0.25, -0.2) is 4.98 Å². The average molecular weight is 280 g/mol. The molecule has 0 spiro atoms. The highest BCUT2D eigenvalue weighted by Gasteiger charge is 2.42. The summed E-state index contributed by atoms with van der Waals surface area (Å²) in [7, 11) is 2.02. The Morgan fingerprint density at radius 1 is 1.55 bits per heavy atom. The zero-order valence-corrected chi connectivity index (χ0v) is 12.9. The summed E-state index contributed by atoms with van der Waals surface area (Å²) in [4.78, 5) is 4.42. The Bertz CT molecular complexity index is 410. The van der Waals surface area contributed by atoms with Crippen LogP contribution in [-0.4, -0.2) is 27.8 Å². The van der Waals surface area contributed by atoms with Gasteiger partial charge in [-0.1, -0.05) is 6.92 Å². The molecule has 1 aliphatic carbocycles. The summed E-state index contributed by atoms with van der Waals surface area (Å²) in [5.41, 5.74) is 2.85. The van der Waals surface area contributed by atoms with E-state index in [4.69, 9.17) is 10.6 Å². The van der Waals surface area contributed by atoms with Gasteiger partial charge in [-0.3, -0.25) is 11.3 Å². The number of hydrazine groups is 1. The molecule has 1 unspecified atom stereocenters. The third kappa shape index (κ3) is 3.22. The Balaban J connectivity index is 2.15. The fraction of sp³-hybridized carbons (Fsp3) is 0.800. The van der Waals surface area contributed by atoms with Gasteiger partial charge in [0.25, 0.3) is 0 Å². The maximum absolute atomic E-state index is 6.18. The Hall–Kier alpha value is -0.910. The molecule has 1 aromatic rings. The normalized spacial score (nSPS) is 28.5. The number of nitrogens with one attached hydrogen (secondary N) is 1. The molecule has 20 heavy (non-hydrogen) atoms. The maximum atomic E-state index is 6.18. The lowest BCUT2D eigenvalue weighted by Crippen LogP contribution is -2.57. The van der Waals surface area contributed by atoms with Gasteiger partial charge in [0.1, 0.15) is 5.82 Å². The van der Waals surface area contributed by atoms with E-state index in [0.717, 1.165) is 37.6 Å². The zero-order valence-electron chi connectivity index (χ0n) is 12.9. The number of hydrogen-bond acceptors (Lipinski definition) is 4. The molecule has 0 aliphatic heterocycles. The van der Waals surface area contributed by atoms with Crippen molar-refractivity contribution in [1.29, 1.82) is 0 Å². The molecular weight excluding hydrogens is 252 g/mol. The summed E-state index contributed by atoms with van der Waals surface area (Å²) in [5, 5.41) is 0. The molecule has 1 aliphatic rings. The van der Waals surface area contributed by atoms with Crippen LogP contribution in [0.4, 0.5) is 0 Å². The van der Waals surface area contributed by atoms with Crippen LogP contribution in [-0.2, 0) is 18.2 Å². The van der Waals surface area contributed by atoms with E-state index >= 15 is 0 Å². The van der Waals surface area contributed by atoms with Gasteiger partial charge in [-0.05, 0) is 38.5 Å². The Morgan fingerprint density at radius 3 is 2.75 bits per heavy atom. The van der Waals surface area contributed by atoms with Crippen LogP contribution in [0.2, 0.25) is 0 Å². The van der Waals surface area contributed by atoms with Crippen LogP contribution in [0.3, 0.4) is 0 Å². The van der Waals surface area contributed by atoms with E-state index in [9.17, 15) is 0 Å². The van der Waals surface area contributed by atoms with Crippen molar-refractivity contribution in [3.8, 4) is 0 Å². The van der Waals surface area contributed by atoms with E-state index in [2.05, 4.69) is 28.8 Å². The van der Waals surface area contributed by atoms with Crippen LogP contribution in [0, 0.1) is 5.92 Å². The number of aromatic nitrogens is 2. The van der Waals surface area contributed by atoms with Crippen LogP contribution >= 0.6 is 0 Å². The lowest BCUT2D eigenvalue weighted by molar-refractivity contribution is -0.0965. The molecule has 3 N–H and O–H groups in total. The SMILES string of the molecule is CCOC1(C(Cc2nccn2C)NN)CCC(C)CC1. The van der Waals surface area contributed by atoms with Crippen molar-refractivity contribution >= 4 is 0 Å². The molecule has 1 heterocycles. The Kier molecular flexibility index (Phi) is 5.18. The lowest BCUT2D eigenvalue weighted by Gasteiger charge is -2.44. The van der Waals surface area contributed by atoms with Crippen molar-refractivity contribution in [2.24, 2.45) is 18.8 Å². The van der Waals surface area contributed by atoms with Crippen molar-refractivity contribution < 1.29 is 4.74 Å². The third-order valence-electron chi connectivity index (χ3n) is 4.70. The van der Waals surface area contributed by atoms with Crippen molar-refractivity contribution in [2.45, 2.75) is 57.6 Å². The van der Waals surface area contributed by atoms with Crippen LogP contribution in [0.1, 0.15) is 45.4 Å². The summed E-state index contributed by atoms with van der Waals surface area (Å²) in [6.07, 6.45) is 9.16. The second kappa shape index (κ2) is 6.70. The van der Waals surface area contributed by atoms with Gasteiger partial charge in [0, 0.05) is 32.5 Å². The smallest absolute Gasteiger partial charge is 0.110 e. The first-order valence-electron chi connectivity index (χ1n) is 7.67. The van der Waals surface area contributed by atoms with Crippen LogP contribution in [0.25, 0.3) is 0 Å².